The smallest absolute Gasteiger partial charge is 0.244 e. The first-order valence-corrected chi connectivity index (χ1v) is 21.0. The number of primary amides is 1. The number of carbonyl (C=O) groups is 4. The van der Waals surface area contributed by atoms with Gasteiger partial charge in [-0.1, -0.05) is 101 Å². The highest BCUT2D eigenvalue weighted by atomic mass is 33.1. The zero-order chi connectivity index (χ0) is 40.8. The third-order valence-corrected chi connectivity index (χ3v) is 10.9. The molecule has 0 spiro atoms. The summed E-state index contributed by atoms with van der Waals surface area (Å²) < 4.78 is -0.543. The molecular weight excluding hydrogens is 727 g/mol. The number of aliphatic hydroxyl groups is 3. The summed E-state index contributed by atoms with van der Waals surface area (Å²) in [6, 6.07) is -3.03. The number of nitrogens with two attached hydrogens (primary N) is 1. The Morgan fingerprint density at radius 2 is 1.22 bits per heavy atom. The average molecular weight is 795 g/mol. The van der Waals surface area contributed by atoms with E-state index < -0.39 is 59.9 Å². The number of nitrogens with zero attached hydrogens (tertiary/aromatic N) is 1. The van der Waals surface area contributed by atoms with Gasteiger partial charge in [0.05, 0.1) is 46.8 Å². The normalized spacial score (nSPS) is 14.6. The van der Waals surface area contributed by atoms with Crippen LogP contribution in [0.1, 0.15) is 78.6 Å². The van der Waals surface area contributed by atoms with Crippen molar-refractivity contribution in [1.82, 2.24) is 16.0 Å². The predicted molar refractivity (Wildman–Crippen MR) is 224 cm³/mol. The van der Waals surface area contributed by atoms with E-state index in [9.17, 15) is 34.5 Å². The quantitative estimate of drug-likeness (QED) is 0.0320. The molecule has 54 heavy (non-hydrogen) atoms. The lowest BCUT2D eigenvalue weighted by Gasteiger charge is -2.34. The standard InChI is InChI=1S/C40H67N5O7S2/c1-7-8-9-10-11-12-13-14-15-16-17-18-19-20-21-22-23-24-25-26-35(49)43-34(38(41)51)31-53-54-40(2,3)37(39(52)42-32(29-46)30-47)44-36(50)27-33(48)28-45(4,5)6/h8-9,11-12,14-15,17-18,20-21,23-24,32-34,37,46-48H,7,10,13,16,19,22,25-31H2,1-6H3,(H4-,41,42,43,44,49,50,51,52)/p+1/b9-8-,12-11-,15-14-,18-17-,21-20-,24-23-. The van der Waals surface area contributed by atoms with Crippen LogP contribution in [-0.4, -0.2) is 119 Å². The summed E-state index contributed by atoms with van der Waals surface area (Å²) in [6.45, 7) is 4.87. The lowest BCUT2D eigenvalue weighted by molar-refractivity contribution is -0.873. The Morgan fingerprint density at radius 3 is 1.67 bits per heavy atom. The Hall–Kier alpha value is -3.14. The maximum absolute atomic E-state index is 13.2. The molecule has 4 amide bonds. The first-order valence-electron chi connectivity index (χ1n) is 18.6. The van der Waals surface area contributed by atoms with Crippen molar-refractivity contribution >= 4 is 45.2 Å². The summed E-state index contributed by atoms with van der Waals surface area (Å²) in [4.78, 5) is 50.9. The zero-order valence-corrected chi connectivity index (χ0v) is 34.9. The lowest BCUT2D eigenvalue weighted by atomic mass is 10.0. The van der Waals surface area contributed by atoms with E-state index in [0.29, 0.717) is 17.4 Å². The van der Waals surface area contributed by atoms with E-state index in [1.165, 1.54) is 21.6 Å². The van der Waals surface area contributed by atoms with E-state index in [2.05, 4.69) is 83.6 Å². The fourth-order valence-corrected chi connectivity index (χ4v) is 7.57. The number of allylic oxidation sites excluding steroid dienone is 12. The van der Waals surface area contributed by atoms with Gasteiger partial charge < -0.3 is 41.5 Å². The monoisotopic (exact) mass is 794 g/mol. The molecule has 0 radical (unpaired) electrons. The molecule has 0 fully saturated rings. The zero-order valence-electron chi connectivity index (χ0n) is 33.2. The number of rotatable bonds is 30. The molecule has 3 atom stereocenters. The Morgan fingerprint density at radius 1 is 0.741 bits per heavy atom. The van der Waals surface area contributed by atoms with E-state index in [1.807, 2.05) is 33.3 Å². The number of quaternary nitrogens is 1. The summed E-state index contributed by atoms with van der Waals surface area (Å²) >= 11 is 0. The second-order valence-corrected chi connectivity index (χ2v) is 17.3. The SMILES string of the molecule is CC/C=C\C/C=C\C/C=C\C/C=C\C/C=C\C/C=C\CCC(=O)NC(CSSC(C)(C)C(NC(=O)CC(O)C[N+](C)(C)C)C(=O)NC(CO)CO)C(N)=O. The first kappa shape index (κ1) is 50.9. The second-order valence-electron chi connectivity index (χ2n) is 14.3. The molecule has 0 bridgehead atoms. The number of carbonyl (C=O) groups excluding carboxylic acids is 4. The number of amides is 4. The van der Waals surface area contributed by atoms with Crippen LogP contribution in [0.5, 0.6) is 0 Å². The number of likely N-dealkylation sites (N-methyl/N-ethyl adjacent to an activating group) is 1. The molecule has 12 nitrogen and oxygen atoms in total. The highest BCUT2D eigenvalue weighted by Crippen LogP contribution is 2.38. The molecule has 0 aromatic heterocycles. The van der Waals surface area contributed by atoms with Gasteiger partial charge in [-0.2, -0.15) is 0 Å². The van der Waals surface area contributed by atoms with E-state index in [-0.39, 0.29) is 24.5 Å². The number of aliphatic hydroxyl groups excluding tert-OH is 3. The predicted octanol–water partition coefficient (Wildman–Crippen LogP) is 4.01. The van der Waals surface area contributed by atoms with Crippen molar-refractivity contribution in [3.05, 3.63) is 72.9 Å². The van der Waals surface area contributed by atoms with Crippen LogP contribution in [0.4, 0.5) is 0 Å². The second kappa shape index (κ2) is 30.1. The maximum atomic E-state index is 13.2. The molecule has 8 N–H and O–H groups in total. The van der Waals surface area contributed by atoms with Crippen LogP contribution in [-0.2, 0) is 19.2 Å². The van der Waals surface area contributed by atoms with Gasteiger partial charge in [-0.25, -0.2) is 0 Å². The molecule has 3 unspecified atom stereocenters. The molecule has 0 aromatic rings. The molecule has 0 aliphatic carbocycles. The summed E-state index contributed by atoms with van der Waals surface area (Å²) in [5.74, 6) is -2.10. The minimum atomic E-state index is -1.14. The Labute approximate surface area is 331 Å². The fraction of sp³-hybridized carbons (Fsp3) is 0.600. The van der Waals surface area contributed by atoms with Crippen molar-refractivity contribution in [1.29, 1.82) is 0 Å². The number of hydrogen-bond acceptors (Lipinski definition) is 9. The van der Waals surface area contributed by atoms with Crippen LogP contribution in [0.15, 0.2) is 72.9 Å². The van der Waals surface area contributed by atoms with Gasteiger partial charge in [-0.15, -0.1) is 0 Å². The summed E-state index contributed by atoms with van der Waals surface area (Å²) in [7, 11) is 8.05. The molecule has 0 saturated heterocycles. The average Bonchev–Trinajstić information content (AvgIpc) is 3.08. The molecule has 0 aliphatic heterocycles. The fourth-order valence-electron chi connectivity index (χ4n) is 4.74. The summed E-state index contributed by atoms with van der Waals surface area (Å²) in [5, 5.41) is 37.3. The van der Waals surface area contributed by atoms with Crippen molar-refractivity contribution < 1.29 is 39.0 Å². The van der Waals surface area contributed by atoms with Gasteiger partial charge in [-0.05, 0) is 58.8 Å². The minimum Gasteiger partial charge on any atom is -0.394 e. The third-order valence-electron chi connectivity index (χ3n) is 7.55. The van der Waals surface area contributed by atoms with Crippen molar-refractivity contribution in [2.24, 2.45) is 5.73 Å². The first-order chi connectivity index (χ1) is 25.6. The van der Waals surface area contributed by atoms with Gasteiger partial charge in [0.2, 0.25) is 23.6 Å². The van der Waals surface area contributed by atoms with Gasteiger partial charge in [0.15, 0.2) is 0 Å². The van der Waals surface area contributed by atoms with Crippen molar-refractivity contribution in [3.63, 3.8) is 0 Å². The molecule has 0 aliphatic rings. The van der Waals surface area contributed by atoms with E-state index >= 15 is 0 Å². The van der Waals surface area contributed by atoms with E-state index in [0.717, 1.165) is 38.5 Å². The Bertz CT molecular complexity index is 1270. The Balaban J connectivity index is 4.84. The molecule has 0 saturated carbocycles. The van der Waals surface area contributed by atoms with Crippen LogP contribution >= 0.6 is 21.6 Å². The van der Waals surface area contributed by atoms with Crippen LogP contribution in [0.25, 0.3) is 0 Å². The minimum absolute atomic E-state index is 0.107. The van der Waals surface area contributed by atoms with Gasteiger partial charge >= 0.3 is 0 Å². The van der Waals surface area contributed by atoms with Crippen LogP contribution in [0.2, 0.25) is 0 Å². The summed E-state index contributed by atoms with van der Waals surface area (Å²) in [5.41, 5.74) is 5.58. The van der Waals surface area contributed by atoms with Crippen molar-refractivity contribution in [2.45, 2.75) is 108 Å². The van der Waals surface area contributed by atoms with Gasteiger partial charge in [0.25, 0.3) is 0 Å². The van der Waals surface area contributed by atoms with Gasteiger partial charge in [0.1, 0.15) is 24.7 Å². The lowest BCUT2D eigenvalue weighted by Crippen LogP contribution is -2.59. The van der Waals surface area contributed by atoms with Crippen molar-refractivity contribution in [2.75, 3.05) is 46.7 Å². The third kappa shape index (κ3) is 27.4. The molecule has 0 rings (SSSR count). The molecule has 306 valence electrons. The molecule has 0 heterocycles. The van der Waals surface area contributed by atoms with Crippen LogP contribution in [0.3, 0.4) is 0 Å². The van der Waals surface area contributed by atoms with Gasteiger partial charge in [0, 0.05) is 16.9 Å². The largest absolute Gasteiger partial charge is 0.394 e. The topological polar surface area (TPSA) is 191 Å². The highest BCUT2D eigenvalue weighted by molar-refractivity contribution is 8.77. The molecular formula is C40H68N5O7S2+. The summed E-state index contributed by atoms with van der Waals surface area (Å²) in [6.07, 6.45) is 30.4. The van der Waals surface area contributed by atoms with E-state index in [4.69, 9.17) is 5.73 Å². The van der Waals surface area contributed by atoms with Crippen molar-refractivity contribution in [3.8, 4) is 0 Å². The number of nitrogens with one attached hydrogen (secondary N) is 3. The van der Waals surface area contributed by atoms with Crippen LogP contribution < -0.4 is 21.7 Å². The Kier molecular flexibility index (Phi) is 28.4. The van der Waals surface area contributed by atoms with Crippen LogP contribution in [0, 0.1) is 0 Å². The van der Waals surface area contributed by atoms with Gasteiger partial charge in [-0.3, -0.25) is 19.2 Å². The highest BCUT2D eigenvalue weighted by Gasteiger charge is 2.39. The van der Waals surface area contributed by atoms with E-state index in [1.54, 1.807) is 13.8 Å². The molecule has 14 heteroatoms. The maximum Gasteiger partial charge on any atom is 0.244 e. The number of hydrogen-bond donors (Lipinski definition) is 7. The molecule has 0 aromatic carbocycles.